The zero-order valence-corrected chi connectivity index (χ0v) is 11.1. The van der Waals surface area contributed by atoms with Crippen LogP contribution in [-0.4, -0.2) is 11.7 Å². The van der Waals surface area contributed by atoms with Gasteiger partial charge in [-0.15, -0.1) is 0 Å². The van der Waals surface area contributed by atoms with Gasteiger partial charge in [0.05, 0.1) is 5.69 Å². The summed E-state index contributed by atoms with van der Waals surface area (Å²) in [5.74, 6) is 0.785. The van der Waals surface area contributed by atoms with Crippen LogP contribution in [0, 0.1) is 0 Å². The van der Waals surface area contributed by atoms with Crippen molar-refractivity contribution in [2.45, 2.75) is 6.42 Å². The van der Waals surface area contributed by atoms with Crippen molar-refractivity contribution in [2.24, 2.45) is 5.73 Å². The molecule has 100 valence electrons. The summed E-state index contributed by atoms with van der Waals surface area (Å²) >= 11 is 0. The summed E-state index contributed by atoms with van der Waals surface area (Å²) in [6.45, 7) is 0.582. The molecule has 0 amide bonds. The highest BCUT2D eigenvalue weighted by atomic mass is 16.5. The van der Waals surface area contributed by atoms with Crippen LogP contribution in [0.3, 0.4) is 0 Å². The summed E-state index contributed by atoms with van der Waals surface area (Å²) in [6.07, 6.45) is 0.742. The Morgan fingerprint density at radius 3 is 2.20 bits per heavy atom. The Kier molecular flexibility index (Phi) is 3.61. The van der Waals surface area contributed by atoms with Crippen LogP contribution in [0.4, 0.5) is 0 Å². The van der Waals surface area contributed by atoms with E-state index in [1.165, 1.54) is 11.1 Å². The zero-order chi connectivity index (χ0) is 13.8. The third kappa shape index (κ3) is 2.63. The first kappa shape index (κ1) is 12.6. The number of benzene rings is 2. The molecule has 1 heterocycles. The molecule has 20 heavy (non-hydrogen) atoms. The van der Waals surface area contributed by atoms with Gasteiger partial charge in [0.25, 0.3) is 0 Å². The van der Waals surface area contributed by atoms with Crippen molar-refractivity contribution < 1.29 is 4.52 Å². The molecule has 0 fully saturated rings. The van der Waals surface area contributed by atoms with Crippen LogP contribution in [0.15, 0.2) is 65.2 Å². The van der Waals surface area contributed by atoms with Gasteiger partial charge in [0.1, 0.15) is 0 Å². The Balaban J connectivity index is 1.85. The molecule has 0 saturated heterocycles. The van der Waals surface area contributed by atoms with Gasteiger partial charge in [-0.2, -0.15) is 0 Å². The van der Waals surface area contributed by atoms with Gasteiger partial charge in [0.15, 0.2) is 5.76 Å². The maximum Gasteiger partial charge on any atom is 0.167 e. The highest BCUT2D eigenvalue weighted by Crippen LogP contribution is 2.25. The van der Waals surface area contributed by atoms with Gasteiger partial charge in [-0.3, -0.25) is 0 Å². The summed E-state index contributed by atoms with van der Waals surface area (Å²) in [4.78, 5) is 0. The van der Waals surface area contributed by atoms with E-state index in [0.29, 0.717) is 6.54 Å². The normalized spacial score (nSPS) is 10.7. The molecule has 3 rings (SSSR count). The van der Waals surface area contributed by atoms with Crippen LogP contribution in [0.2, 0.25) is 0 Å². The fraction of sp³-hybridized carbons (Fsp3) is 0.118. The van der Waals surface area contributed by atoms with Crippen molar-refractivity contribution in [2.75, 3.05) is 6.54 Å². The third-order valence-electron chi connectivity index (χ3n) is 3.24. The van der Waals surface area contributed by atoms with Gasteiger partial charge < -0.3 is 10.3 Å². The Hall–Kier alpha value is -2.39. The number of rotatable bonds is 4. The van der Waals surface area contributed by atoms with E-state index in [0.717, 1.165) is 23.4 Å². The first-order valence-electron chi connectivity index (χ1n) is 6.68. The summed E-state index contributed by atoms with van der Waals surface area (Å²) in [5, 5.41) is 4.01. The summed E-state index contributed by atoms with van der Waals surface area (Å²) in [5.41, 5.74) is 9.84. The molecule has 0 unspecified atom stereocenters. The molecule has 0 spiro atoms. The van der Waals surface area contributed by atoms with E-state index in [4.69, 9.17) is 10.3 Å². The molecule has 0 aliphatic rings. The highest BCUT2D eigenvalue weighted by Gasteiger charge is 2.06. The predicted octanol–water partition coefficient (Wildman–Crippen LogP) is 3.51. The van der Waals surface area contributed by atoms with Gasteiger partial charge in [-0.25, -0.2) is 0 Å². The molecule has 2 N–H and O–H groups in total. The van der Waals surface area contributed by atoms with Crippen molar-refractivity contribution in [3.63, 3.8) is 0 Å². The molecule has 0 saturated carbocycles. The lowest BCUT2D eigenvalue weighted by Crippen LogP contribution is -2.02. The Morgan fingerprint density at radius 2 is 1.50 bits per heavy atom. The van der Waals surface area contributed by atoms with Crippen LogP contribution in [0.1, 0.15) is 5.69 Å². The molecule has 0 radical (unpaired) electrons. The maximum atomic E-state index is 5.51. The van der Waals surface area contributed by atoms with Gasteiger partial charge in [-0.05, 0) is 17.7 Å². The van der Waals surface area contributed by atoms with Crippen molar-refractivity contribution in [3.05, 3.63) is 66.4 Å². The second kappa shape index (κ2) is 5.72. The van der Waals surface area contributed by atoms with Crippen molar-refractivity contribution >= 4 is 0 Å². The minimum Gasteiger partial charge on any atom is -0.356 e. The molecule has 0 aliphatic carbocycles. The van der Waals surface area contributed by atoms with E-state index < -0.39 is 0 Å². The SMILES string of the molecule is NCCc1cc(-c2ccc(-c3ccccc3)cc2)on1. The topological polar surface area (TPSA) is 52.0 Å². The van der Waals surface area contributed by atoms with E-state index in [-0.39, 0.29) is 0 Å². The van der Waals surface area contributed by atoms with Crippen LogP contribution in [0.5, 0.6) is 0 Å². The minimum atomic E-state index is 0.582. The van der Waals surface area contributed by atoms with Crippen LogP contribution in [-0.2, 0) is 6.42 Å². The molecule has 0 atom stereocenters. The van der Waals surface area contributed by atoms with E-state index >= 15 is 0 Å². The molecular formula is C17H16N2O. The molecule has 0 aliphatic heterocycles. The number of aromatic nitrogens is 1. The van der Waals surface area contributed by atoms with E-state index in [1.807, 2.05) is 24.3 Å². The van der Waals surface area contributed by atoms with Crippen molar-refractivity contribution in [1.29, 1.82) is 0 Å². The van der Waals surface area contributed by atoms with Gasteiger partial charge >= 0.3 is 0 Å². The van der Waals surface area contributed by atoms with Gasteiger partial charge in [-0.1, -0.05) is 59.8 Å². The Labute approximate surface area is 118 Å². The number of nitrogens with two attached hydrogens (primary N) is 1. The first-order valence-corrected chi connectivity index (χ1v) is 6.68. The second-order valence-corrected chi connectivity index (χ2v) is 4.66. The quantitative estimate of drug-likeness (QED) is 0.784. The Morgan fingerprint density at radius 1 is 0.850 bits per heavy atom. The maximum absolute atomic E-state index is 5.51. The van der Waals surface area contributed by atoms with Crippen molar-refractivity contribution in [3.8, 4) is 22.5 Å². The molecule has 2 aromatic carbocycles. The highest BCUT2D eigenvalue weighted by molar-refractivity contribution is 5.68. The Bertz CT molecular complexity index is 672. The molecule has 3 nitrogen and oxygen atoms in total. The van der Waals surface area contributed by atoms with E-state index in [9.17, 15) is 0 Å². The van der Waals surface area contributed by atoms with E-state index in [2.05, 4.69) is 41.6 Å². The fourth-order valence-corrected chi connectivity index (χ4v) is 2.17. The lowest BCUT2D eigenvalue weighted by Gasteiger charge is -2.02. The average molecular weight is 264 g/mol. The van der Waals surface area contributed by atoms with Crippen LogP contribution < -0.4 is 5.73 Å². The standard InChI is InChI=1S/C17H16N2O/c18-11-10-16-12-17(20-19-16)15-8-6-14(7-9-15)13-4-2-1-3-5-13/h1-9,12H,10-11,18H2. The largest absolute Gasteiger partial charge is 0.356 e. The summed E-state index contributed by atoms with van der Waals surface area (Å²) < 4.78 is 5.34. The monoisotopic (exact) mass is 264 g/mol. The molecule has 3 heteroatoms. The van der Waals surface area contributed by atoms with Gasteiger partial charge in [0.2, 0.25) is 0 Å². The van der Waals surface area contributed by atoms with E-state index in [1.54, 1.807) is 0 Å². The number of nitrogens with zero attached hydrogens (tertiary/aromatic N) is 1. The number of hydrogen-bond acceptors (Lipinski definition) is 3. The summed E-state index contributed by atoms with van der Waals surface area (Å²) in [6, 6.07) is 20.5. The molecule has 0 bridgehead atoms. The van der Waals surface area contributed by atoms with Crippen LogP contribution >= 0.6 is 0 Å². The lowest BCUT2D eigenvalue weighted by molar-refractivity contribution is 0.423. The molecule has 1 aromatic heterocycles. The lowest BCUT2D eigenvalue weighted by atomic mass is 10.0. The summed E-state index contributed by atoms with van der Waals surface area (Å²) in [7, 11) is 0. The fourth-order valence-electron chi connectivity index (χ4n) is 2.17. The van der Waals surface area contributed by atoms with Crippen molar-refractivity contribution in [1.82, 2.24) is 5.16 Å². The first-order chi connectivity index (χ1) is 9.86. The average Bonchev–Trinajstić information content (AvgIpc) is 2.97. The molecule has 3 aromatic rings. The predicted molar refractivity (Wildman–Crippen MR) is 80.1 cm³/mol. The van der Waals surface area contributed by atoms with Crippen LogP contribution in [0.25, 0.3) is 22.5 Å². The number of hydrogen-bond donors (Lipinski definition) is 1. The molecular weight excluding hydrogens is 248 g/mol. The minimum absolute atomic E-state index is 0.582. The smallest absolute Gasteiger partial charge is 0.167 e. The van der Waals surface area contributed by atoms with Gasteiger partial charge in [0, 0.05) is 18.1 Å². The zero-order valence-electron chi connectivity index (χ0n) is 11.1. The second-order valence-electron chi connectivity index (χ2n) is 4.66. The third-order valence-corrected chi connectivity index (χ3v) is 3.24.